The molecule has 0 saturated carbocycles. The van der Waals surface area contributed by atoms with Crippen molar-refractivity contribution in [3.8, 4) is 0 Å². The fourth-order valence-corrected chi connectivity index (χ4v) is 6.63. The number of hydrogen-bond acceptors (Lipinski definition) is 4. The Labute approximate surface area is 227 Å². The summed E-state index contributed by atoms with van der Waals surface area (Å²) in [6.07, 6.45) is 10.9. The smallest absolute Gasteiger partial charge is 0.357 e. The van der Waals surface area contributed by atoms with Gasteiger partial charge in [0.25, 0.3) is 5.91 Å². The van der Waals surface area contributed by atoms with Gasteiger partial charge in [0.2, 0.25) is 0 Å². The van der Waals surface area contributed by atoms with E-state index in [2.05, 4.69) is 45.4 Å². The van der Waals surface area contributed by atoms with Crippen LogP contribution in [0.15, 0.2) is 84.0 Å². The first-order chi connectivity index (χ1) is 16.9. The number of halogens is 2. The lowest BCUT2D eigenvalue weighted by Gasteiger charge is -2.41. The normalized spacial score (nSPS) is 20.8. The van der Waals surface area contributed by atoms with Crippen LogP contribution in [0.2, 0.25) is 5.02 Å². The molecule has 178 valence electrons. The Bertz CT molecular complexity index is 1360. The van der Waals surface area contributed by atoms with Crippen LogP contribution in [0.4, 0.5) is 5.69 Å². The van der Waals surface area contributed by atoms with Crippen LogP contribution in [0, 0.1) is 10.5 Å². The van der Waals surface area contributed by atoms with Crippen molar-refractivity contribution in [2.45, 2.75) is 13.3 Å². The van der Waals surface area contributed by atoms with Crippen molar-refractivity contribution in [1.82, 2.24) is 5.32 Å². The highest BCUT2D eigenvalue weighted by atomic mass is 127. The van der Waals surface area contributed by atoms with Crippen molar-refractivity contribution < 1.29 is 14.1 Å². The maximum Gasteiger partial charge on any atom is 0.357 e. The molecule has 5 rings (SSSR count). The second-order valence-electron chi connectivity index (χ2n) is 8.63. The van der Waals surface area contributed by atoms with Gasteiger partial charge in [-0.05, 0) is 65.8 Å². The summed E-state index contributed by atoms with van der Waals surface area (Å²) in [5, 5.41) is 6.53. The lowest BCUT2D eigenvalue weighted by atomic mass is 9.99. The maximum absolute atomic E-state index is 14.3. The minimum atomic E-state index is -0.207. The molecule has 1 unspecified atom stereocenters. The lowest BCUT2D eigenvalue weighted by molar-refractivity contribution is -0.766. The Morgan fingerprint density at radius 2 is 2.03 bits per heavy atom. The molecule has 2 aliphatic heterocycles. The van der Waals surface area contributed by atoms with Gasteiger partial charge in [-0.25, -0.2) is 4.79 Å². The third kappa shape index (κ3) is 4.39. The number of quaternary nitrogens is 1. The zero-order valence-corrected chi connectivity index (χ0v) is 22.8. The monoisotopic (exact) mass is 616 g/mol. The number of carbonyl (C=O) groups is 2. The molecule has 8 heteroatoms. The first kappa shape index (κ1) is 24.4. The zero-order chi connectivity index (χ0) is 24.6. The van der Waals surface area contributed by atoms with Crippen molar-refractivity contribution in [2.24, 2.45) is 0 Å². The number of allylic oxidation sites excluding steroid dienone is 4. The molecule has 0 bridgehead atoms. The molecule has 2 aromatic carbocycles. The van der Waals surface area contributed by atoms with Gasteiger partial charge in [0.05, 0.1) is 28.1 Å². The van der Waals surface area contributed by atoms with Crippen LogP contribution in [0.5, 0.6) is 0 Å². The van der Waals surface area contributed by atoms with Crippen LogP contribution < -0.4 is 10.6 Å². The van der Waals surface area contributed by atoms with Gasteiger partial charge in [-0.1, -0.05) is 35.9 Å². The molecule has 1 saturated heterocycles. The quantitative estimate of drug-likeness (QED) is 0.310. The Kier molecular flexibility index (Phi) is 6.94. The fraction of sp³-hybridized carbons (Fsp3) is 0.185. The Morgan fingerprint density at radius 3 is 2.86 bits per heavy atom. The van der Waals surface area contributed by atoms with E-state index in [0.717, 1.165) is 44.0 Å². The molecule has 2 amide bonds. The van der Waals surface area contributed by atoms with Gasteiger partial charge < -0.3 is 10.6 Å². The molecule has 3 aliphatic rings. The van der Waals surface area contributed by atoms with Gasteiger partial charge in [0.1, 0.15) is 12.2 Å². The average molecular weight is 617 g/mol. The van der Waals surface area contributed by atoms with Crippen LogP contribution in [-0.2, 0) is 0 Å². The predicted octanol–water partition coefficient (Wildman–Crippen LogP) is 6.38. The van der Waals surface area contributed by atoms with Crippen LogP contribution in [-0.4, -0.2) is 34.3 Å². The highest BCUT2D eigenvalue weighted by molar-refractivity contribution is 14.1. The van der Waals surface area contributed by atoms with Gasteiger partial charge >= 0.3 is 5.91 Å². The molecule has 1 aliphatic carbocycles. The largest absolute Gasteiger partial charge is 0.363 e. The first-order valence-electron chi connectivity index (χ1n) is 11.3. The van der Waals surface area contributed by atoms with Gasteiger partial charge in [0.15, 0.2) is 5.70 Å². The highest BCUT2D eigenvalue weighted by Gasteiger charge is 2.50. The van der Waals surface area contributed by atoms with Crippen molar-refractivity contribution >= 4 is 63.5 Å². The second-order valence-corrected chi connectivity index (χ2v) is 11.2. The van der Waals surface area contributed by atoms with E-state index < -0.39 is 0 Å². The summed E-state index contributed by atoms with van der Waals surface area (Å²) < 4.78 is 1.05. The molecule has 2 heterocycles. The number of anilines is 1. The van der Waals surface area contributed by atoms with Crippen LogP contribution in [0.3, 0.4) is 0 Å². The Morgan fingerprint density at radius 1 is 1.17 bits per heavy atom. The van der Waals surface area contributed by atoms with Gasteiger partial charge in [0, 0.05) is 32.9 Å². The van der Waals surface area contributed by atoms with E-state index in [1.54, 1.807) is 24.3 Å². The summed E-state index contributed by atoms with van der Waals surface area (Å²) in [6.45, 7) is 2.63. The summed E-state index contributed by atoms with van der Waals surface area (Å²) in [6, 6.07) is 10.8. The molecular formula is C27H24ClIN3O2S+. The van der Waals surface area contributed by atoms with E-state index in [9.17, 15) is 9.59 Å². The topological polar surface area (TPSA) is 58.2 Å². The molecule has 0 aromatic heterocycles. The SMILES string of the molecule is Cc1cccc(C(=O)Nc2ccc(C(=O)[N+]34CCSCC3=CNC=C3CC=CC=C34)c(Cl)c2)c1I. The van der Waals surface area contributed by atoms with Crippen molar-refractivity contribution in [3.05, 3.63) is 109 Å². The van der Waals surface area contributed by atoms with Crippen molar-refractivity contribution in [1.29, 1.82) is 0 Å². The molecule has 35 heavy (non-hydrogen) atoms. The number of benzene rings is 2. The molecule has 0 spiro atoms. The van der Waals surface area contributed by atoms with Crippen molar-refractivity contribution in [3.63, 3.8) is 0 Å². The standard InChI is InChI=1S/C27H23ClIN3O2S/c1-17-5-4-7-22(25(17)29)26(33)31-19-9-10-21(23(28)13-19)27(34)32-11-12-35-16-20(32)15-30-14-18-6-2-3-8-24(18)32/h2-5,7-10,13-15,30H,6,11-12,16H2,1H3/p+1. The second kappa shape index (κ2) is 9.97. The van der Waals surface area contributed by atoms with E-state index in [-0.39, 0.29) is 16.3 Å². The average Bonchev–Trinajstić information content (AvgIpc) is 3.03. The minimum absolute atomic E-state index is 0.0520. The van der Waals surface area contributed by atoms with Crippen molar-refractivity contribution in [2.75, 3.05) is 23.4 Å². The number of nitrogens with one attached hydrogen (secondary N) is 2. The number of thioether (sulfide) groups is 1. The minimum Gasteiger partial charge on any atom is -0.363 e. The molecule has 5 nitrogen and oxygen atoms in total. The number of hydrogen-bond donors (Lipinski definition) is 2. The highest BCUT2D eigenvalue weighted by Crippen LogP contribution is 2.42. The summed E-state index contributed by atoms with van der Waals surface area (Å²) in [5.41, 5.74) is 5.77. The summed E-state index contributed by atoms with van der Waals surface area (Å²) in [5.74, 6) is 1.38. The Balaban J connectivity index is 1.49. The van der Waals surface area contributed by atoms with E-state index in [1.165, 1.54) is 0 Å². The van der Waals surface area contributed by atoms with E-state index in [0.29, 0.717) is 28.4 Å². The number of rotatable bonds is 3. The van der Waals surface area contributed by atoms with Gasteiger partial charge in [-0.3, -0.25) is 4.79 Å². The van der Waals surface area contributed by atoms with E-state index in [1.807, 2.05) is 49.3 Å². The van der Waals surface area contributed by atoms with Crippen LogP contribution >= 0.6 is 46.0 Å². The molecule has 1 fully saturated rings. The van der Waals surface area contributed by atoms with Crippen LogP contribution in [0.1, 0.15) is 32.7 Å². The molecule has 1 atom stereocenters. The van der Waals surface area contributed by atoms with Crippen LogP contribution in [0.25, 0.3) is 0 Å². The maximum atomic E-state index is 14.3. The molecule has 2 aromatic rings. The summed E-state index contributed by atoms with van der Waals surface area (Å²) in [7, 11) is 0. The number of fused-ring (bicyclic) bond motifs is 3. The molecule has 2 N–H and O–H groups in total. The number of aryl methyl sites for hydroxylation is 1. The zero-order valence-electron chi connectivity index (χ0n) is 19.1. The third-order valence-corrected chi connectivity index (χ3v) is 9.24. The lowest BCUT2D eigenvalue weighted by Crippen LogP contribution is -2.55. The van der Waals surface area contributed by atoms with Gasteiger partial charge in [-0.2, -0.15) is 4.48 Å². The third-order valence-electron chi connectivity index (χ3n) is 6.53. The predicted molar refractivity (Wildman–Crippen MR) is 151 cm³/mol. The molecule has 0 radical (unpaired) electrons. The number of amides is 2. The number of carbonyl (C=O) groups excluding carboxylic acids is 2. The Hall–Kier alpha value is -2.33. The first-order valence-corrected chi connectivity index (χ1v) is 13.9. The van der Waals surface area contributed by atoms with Gasteiger partial charge in [-0.15, -0.1) is 11.8 Å². The van der Waals surface area contributed by atoms with E-state index in [4.69, 9.17) is 11.6 Å². The summed E-state index contributed by atoms with van der Waals surface area (Å²) >= 11 is 10.7. The number of nitrogens with zero attached hydrogens (tertiary/aromatic N) is 1. The fourth-order valence-electron chi connectivity index (χ4n) is 4.70. The molecular weight excluding hydrogens is 593 g/mol. The summed E-state index contributed by atoms with van der Waals surface area (Å²) in [4.78, 5) is 27.1. The van der Waals surface area contributed by atoms with E-state index >= 15 is 0 Å².